The fourth-order valence-electron chi connectivity index (χ4n) is 5.55. The predicted molar refractivity (Wildman–Crippen MR) is 170 cm³/mol. The lowest BCUT2D eigenvalue weighted by molar-refractivity contribution is -0.110. The lowest BCUT2D eigenvalue weighted by Gasteiger charge is -2.17. The van der Waals surface area contributed by atoms with Crippen molar-refractivity contribution in [2.75, 3.05) is 25.0 Å². The first-order chi connectivity index (χ1) is 20.4. The zero-order valence-electron chi connectivity index (χ0n) is 23.4. The molecule has 9 heteroatoms. The minimum atomic E-state index is -0.321. The number of carbonyl (C=O) groups is 1. The van der Waals surface area contributed by atoms with Crippen molar-refractivity contribution in [3.05, 3.63) is 114 Å². The van der Waals surface area contributed by atoms with Crippen LogP contribution >= 0.6 is 22.9 Å². The Balaban J connectivity index is 1.56. The summed E-state index contributed by atoms with van der Waals surface area (Å²) in [5, 5.41) is 4.38. The first-order valence-corrected chi connectivity index (χ1v) is 15.2. The highest BCUT2D eigenvalue weighted by atomic mass is 35.5. The summed E-state index contributed by atoms with van der Waals surface area (Å²) < 4.78 is 18.9. The van der Waals surface area contributed by atoms with Crippen LogP contribution in [-0.4, -0.2) is 39.6 Å². The van der Waals surface area contributed by atoms with E-state index >= 15 is 0 Å². The fourth-order valence-corrected chi connectivity index (χ4v) is 6.91. The fraction of sp³-hybridized carbons (Fsp3) is 0.212. The van der Waals surface area contributed by atoms with Gasteiger partial charge >= 0.3 is 0 Å². The normalized spacial score (nSPS) is 14.7. The third kappa shape index (κ3) is 5.22. The molecule has 1 N–H and O–H groups in total. The van der Waals surface area contributed by atoms with Gasteiger partial charge in [-0.05, 0) is 74.6 Å². The lowest BCUT2D eigenvalue weighted by atomic mass is 10.1. The SMILES string of the molecule is CCN(CC)CCCn1c(=C2C(=O)Nc3ccc(Cl)cc32)sc(=Cc2cn(-c3cccc(F)c3)c3ccccc23)c1=O. The standard InChI is InChI=1S/C33H30ClFN4O2S/c1-3-37(4-2)15-8-16-38-32(41)29(42-33(38)30-26-18-22(34)13-14-27(26)36-31(30)40)17-21-20-39(24-10-7-9-23(35)19-24)28-12-6-5-11-25(21)28/h5-7,9-14,17-20H,3-4,8,15-16H2,1-2H3,(H,36,40). The Kier molecular flexibility index (Phi) is 7.86. The molecule has 0 aliphatic carbocycles. The van der Waals surface area contributed by atoms with Gasteiger partial charge in [-0.25, -0.2) is 4.39 Å². The lowest BCUT2D eigenvalue weighted by Crippen LogP contribution is -2.34. The molecule has 3 heterocycles. The Hall–Kier alpha value is -3.98. The van der Waals surface area contributed by atoms with Gasteiger partial charge in [0, 0.05) is 45.7 Å². The van der Waals surface area contributed by atoms with Crippen molar-refractivity contribution in [3.8, 4) is 5.69 Å². The molecule has 6 rings (SSSR count). The number of anilines is 1. The average molecular weight is 601 g/mol. The van der Waals surface area contributed by atoms with Gasteiger partial charge < -0.3 is 14.8 Å². The van der Waals surface area contributed by atoms with Crippen LogP contribution in [0.1, 0.15) is 31.4 Å². The van der Waals surface area contributed by atoms with Gasteiger partial charge in [0.05, 0.1) is 15.6 Å². The molecule has 42 heavy (non-hydrogen) atoms. The van der Waals surface area contributed by atoms with Gasteiger partial charge in [-0.3, -0.25) is 14.2 Å². The van der Waals surface area contributed by atoms with Gasteiger partial charge in [0.2, 0.25) is 0 Å². The topological polar surface area (TPSA) is 59.3 Å². The van der Waals surface area contributed by atoms with Crippen molar-refractivity contribution in [2.24, 2.45) is 0 Å². The Morgan fingerprint density at radius 1 is 1.02 bits per heavy atom. The molecule has 0 bridgehead atoms. The van der Waals surface area contributed by atoms with E-state index < -0.39 is 0 Å². The highest BCUT2D eigenvalue weighted by Gasteiger charge is 2.27. The van der Waals surface area contributed by atoms with Crippen LogP contribution < -0.4 is 20.1 Å². The molecule has 1 aliphatic heterocycles. The van der Waals surface area contributed by atoms with Crippen LogP contribution in [0.15, 0.2) is 77.7 Å². The Morgan fingerprint density at radius 2 is 1.83 bits per heavy atom. The van der Waals surface area contributed by atoms with Crippen molar-refractivity contribution < 1.29 is 9.18 Å². The van der Waals surface area contributed by atoms with Crippen molar-refractivity contribution >= 4 is 57.1 Å². The number of hydrogen-bond donors (Lipinski definition) is 1. The number of nitrogens with zero attached hydrogens (tertiary/aromatic N) is 3. The monoisotopic (exact) mass is 600 g/mol. The minimum absolute atomic E-state index is 0.145. The van der Waals surface area contributed by atoms with E-state index in [-0.39, 0.29) is 17.3 Å². The summed E-state index contributed by atoms with van der Waals surface area (Å²) in [6.07, 6.45) is 4.57. The maximum atomic E-state index is 14.1. The molecule has 5 aromatic rings. The highest BCUT2D eigenvalue weighted by molar-refractivity contribution is 7.07. The smallest absolute Gasteiger partial charge is 0.269 e. The number of carbonyl (C=O) groups excluding carboxylic acids is 1. The minimum Gasteiger partial charge on any atom is -0.321 e. The van der Waals surface area contributed by atoms with E-state index in [1.165, 1.54) is 23.5 Å². The maximum absolute atomic E-state index is 14.1. The number of rotatable bonds is 8. The zero-order valence-corrected chi connectivity index (χ0v) is 24.9. The van der Waals surface area contributed by atoms with E-state index in [1.54, 1.807) is 28.8 Å². The van der Waals surface area contributed by atoms with Gasteiger partial charge in [-0.1, -0.05) is 49.7 Å². The molecule has 0 unspecified atom stereocenters. The summed E-state index contributed by atoms with van der Waals surface area (Å²) in [6.45, 7) is 7.44. The number of fused-ring (bicyclic) bond motifs is 2. The summed E-state index contributed by atoms with van der Waals surface area (Å²) in [5.41, 5.74) is 4.11. The van der Waals surface area contributed by atoms with Crippen LogP contribution in [0.5, 0.6) is 0 Å². The quantitative estimate of drug-likeness (QED) is 0.261. The molecule has 1 amide bonds. The number of halogens is 2. The number of thiazole rings is 1. The van der Waals surface area contributed by atoms with Crippen LogP contribution in [0, 0.1) is 5.82 Å². The van der Waals surface area contributed by atoms with Gasteiger partial charge in [0.15, 0.2) is 0 Å². The first kappa shape index (κ1) is 28.2. The summed E-state index contributed by atoms with van der Waals surface area (Å²) >= 11 is 7.63. The van der Waals surface area contributed by atoms with Gasteiger partial charge in [-0.15, -0.1) is 11.3 Å². The molecule has 0 radical (unpaired) electrons. The van der Waals surface area contributed by atoms with E-state index in [0.29, 0.717) is 43.3 Å². The van der Waals surface area contributed by atoms with Gasteiger partial charge in [0.25, 0.3) is 11.5 Å². The van der Waals surface area contributed by atoms with E-state index in [4.69, 9.17) is 11.6 Å². The molecule has 6 nitrogen and oxygen atoms in total. The molecule has 0 fully saturated rings. The van der Waals surface area contributed by atoms with Crippen molar-refractivity contribution in [1.82, 2.24) is 14.0 Å². The van der Waals surface area contributed by atoms with Crippen LogP contribution in [0.4, 0.5) is 10.1 Å². The second kappa shape index (κ2) is 11.7. The van der Waals surface area contributed by atoms with Crippen molar-refractivity contribution in [3.63, 3.8) is 0 Å². The Morgan fingerprint density at radius 3 is 2.62 bits per heavy atom. The molecule has 2 aromatic heterocycles. The first-order valence-electron chi connectivity index (χ1n) is 14.0. The van der Waals surface area contributed by atoms with Crippen LogP contribution in [0.3, 0.4) is 0 Å². The van der Waals surface area contributed by atoms with E-state index in [0.717, 1.165) is 42.5 Å². The Bertz CT molecular complexity index is 2000. The molecule has 214 valence electrons. The van der Waals surface area contributed by atoms with Crippen LogP contribution in [0.2, 0.25) is 5.02 Å². The van der Waals surface area contributed by atoms with Gasteiger partial charge in [-0.2, -0.15) is 0 Å². The number of hydrogen-bond acceptors (Lipinski definition) is 4. The van der Waals surface area contributed by atoms with Crippen LogP contribution in [-0.2, 0) is 11.3 Å². The molecule has 0 spiro atoms. The van der Waals surface area contributed by atoms with Crippen molar-refractivity contribution in [2.45, 2.75) is 26.8 Å². The average Bonchev–Trinajstić information content (AvgIpc) is 3.62. The van der Waals surface area contributed by atoms with E-state index in [9.17, 15) is 14.0 Å². The summed E-state index contributed by atoms with van der Waals surface area (Å²) in [7, 11) is 0. The largest absolute Gasteiger partial charge is 0.321 e. The van der Waals surface area contributed by atoms with E-state index in [1.807, 2.05) is 47.2 Å². The Labute approximate surface area is 251 Å². The molecular formula is C33H30ClFN4O2S. The predicted octanol–water partition coefficient (Wildman–Crippen LogP) is 5.36. The second-order valence-electron chi connectivity index (χ2n) is 10.2. The third-order valence-corrected chi connectivity index (χ3v) is 9.08. The van der Waals surface area contributed by atoms with Gasteiger partial charge in [0.1, 0.15) is 10.5 Å². The molecule has 0 saturated heterocycles. The highest BCUT2D eigenvalue weighted by Crippen LogP contribution is 2.32. The molecular weight excluding hydrogens is 571 g/mol. The summed E-state index contributed by atoms with van der Waals surface area (Å²) in [5.74, 6) is -0.571. The number of para-hydroxylation sites is 1. The van der Waals surface area contributed by atoms with E-state index in [2.05, 4.69) is 24.1 Å². The van der Waals surface area contributed by atoms with Crippen molar-refractivity contribution in [1.29, 1.82) is 0 Å². The third-order valence-electron chi connectivity index (χ3n) is 7.71. The second-order valence-corrected chi connectivity index (χ2v) is 11.7. The number of amides is 1. The molecule has 1 aliphatic rings. The number of aromatic nitrogens is 2. The summed E-state index contributed by atoms with van der Waals surface area (Å²) in [4.78, 5) is 29.6. The number of nitrogens with one attached hydrogen (secondary N) is 1. The van der Waals surface area contributed by atoms with Crippen LogP contribution in [0.25, 0.3) is 28.2 Å². The summed E-state index contributed by atoms with van der Waals surface area (Å²) in [6, 6.07) is 19.6. The zero-order chi connectivity index (χ0) is 29.4. The number of benzene rings is 3. The molecule has 3 aromatic carbocycles. The molecule has 0 atom stereocenters. The molecule has 0 saturated carbocycles. The maximum Gasteiger partial charge on any atom is 0.269 e.